The van der Waals surface area contributed by atoms with Crippen molar-refractivity contribution in [3.63, 3.8) is 0 Å². The number of carbonyl (C=O) groups excluding carboxylic acids is 1. The number of carboxylic acids is 1. The van der Waals surface area contributed by atoms with Crippen LogP contribution in [0.5, 0.6) is 0 Å². The number of aliphatic carboxylic acids is 1. The van der Waals surface area contributed by atoms with E-state index in [4.69, 9.17) is 9.84 Å². The van der Waals surface area contributed by atoms with Gasteiger partial charge < -0.3 is 20.5 Å². The van der Waals surface area contributed by atoms with Crippen molar-refractivity contribution in [3.8, 4) is 0 Å². The first-order valence-electron chi connectivity index (χ1n) is 6.09. The fraction of sp³-hybridized carbons (Fsp3) is 0.667. The lowest BCUT2D eigenvalue weighted by molar-refractivity contribution is -0.140. The zero-order valence-corrected chi connectivity index (χ0v) is 10.3. The Bertz CT molecular complexity index is 363. The Hall–Kier alpha value is -1.56. The van der Waals surface area contributed by atoms with Gasteiger partial charge in [0, 0.05) is 13.2 Å². The summed E-state index contributed by atoms with van der Waals surface area (Å²) in [5, 5.41) is 14.4. The molecule has 2 atom stereocenters. The fourth-order valence-electron chi connectivity index (χ4n) is 2.26. The maximum atomic E-state index is 11.6. The largest absolute Gasteiger partial charge is 0.481 e. The third kappa shape index (κ3) is 3.01. The Kier molecular flexibility index (Phi) is 3.86. The van der Waals surface area contributed by atoms with Gasteiger partial charge in [-0.3, -0.25) is 4.79 Å². The summed E-state index contributed by atoms with van der Waals surface area (Å²) in [6.07, 6.45) is 5.70. The molecule has 0 spiro atoms. The first-order valence-corrected chi connectivity index (χ1v) is 6.09. The molecule has 18 heavy (non-hydrogen) atoms. The SMILES string of the molecule is COC1CC(NC(=O)NC2C=CC(C(=O)O)C2)C1. The number of rotatable bonds is 4. The number of nitrogens with one attached hydrogen (secondary N) is 2. The number of ether oxygens (including phenoxy) is 1. The quantitative estimate of drug-likeness (QED) is 0.637. The molecule has 0 aliphatic heterocycles. The van der Waals surface area contributed by atoms with Gasteiger partial charge in [0.25, 0.3) is 0 Å². The number of carbonyl (C=O) groups is 2. The van der Waals surface area contributed by atoms with Gasteiger partial charge in [-0.05, 0) is 19.3 Å². The Balaban J connectivity index is 1.67. The number of hydrogen-bond acceptors (Lipinski definition) is 3. The van der Waals surface area contributed by atoms with Crippen LogP contribution in [0.4, 0.5) is 4.79 Å². The molecule has 0 aromatic heterocycles. The highest BCUT2D eigenvalue weighted by Crippen LogP contribution is 2.22. The van der Waals surface area contributed by atoms with E-state index in [1.165, 1.54) is 0 Å². The van der Waals surface area contributed by atoms with Crippen LogP contribution in [0.1, 0.15) is 19.3 Å². The molecule has 1 fully saturated rings. The molecule has 0 aromatic carbocycles. The summed E-state index contributed by atoms with van der Waals surface area (Å²) in [6.45, 7) is 0. The second-order valence-corrected chi connectivity index (χ2v) is 4.82. The molecule has 100 valence electrons. The van der Waals surface area contributed by atoms with E-state index in [0.29, 0.717) is 6.42 Å². The Morgan fingerprint density at radius 2 is 1.94 bits per heavy atom. The molecule has 1 saturated carbocycles. The number of carboxylic acid groups (broad SMARTS) is 1. The van der Waals surface area contributed by atoms with E-state index >= 15 is 0 Å². The van der Waals surface area contributed by atoms with Crippen molar-refractivity contribution >= 4 is 12.0 Å². The summed E-state index contributed by atoms with van der Waals surface area (Å²) in [5.41, 5.74) is 0. The molecule has 0 radical (unpaired) electrons. The molecule has 2 amide bonds. The number of methoxy groups -OCH3 is 1. The zero-order valence-electron chi connectivity index (χ0n) is 10.3. The third-order valence-electron chi connectivity index (χ3n) is 3.48. The summed E-state index contributed by atoms with van der Waals surface area (Å²) >= 11 is 0. The van der Waals surface area contributed by atoms with Crippen LogP contribution >= 0.6 is 0 Å². The monoisotopic (exact) mass is 254 g/mol. The summed E-state index contributed by atoms with van der Waals surface area (Å²) < 4.78 is 5.12. The molecular weight excluding hydrogens is 236 g/mol. The number of amides is 2. The average molecular weight is 254 g/mol. The van der Waals surface area contributed by atoms with Crippen LogP contribution in [0.2, 0.25) is 0 Å². The van der Waals surface area contributed by atoms with E-state index in [1.807, 2.05) is 0 Å². The number of hydrogen-bond donors (Lipinski definition) is 3. The minimum Gasteiger partial charge on any atom is -0.481 e. The molecule has 3 N–H and O–H groups in total. The van der Waals surface area contributed by atoms with Gasteiger partial charge in [-0.25, -0.2) is 4.79 Å². The van der Waals surface area contributed by atoms with Gasteiger partial charge in [0.05, 0.1) is 18.1 Å². The molecule has 0 heterocycles. The lowest BCUT2D eigenvalue weighted by Crippen LogP contribution is -2.52. The Morgan fingerprint density at radius 1 is 1.22 bits per heavy atom. The topological polar surface area (TPSA) is 87.7 Å². The molecule has 2 rings (SSSR count). The number of urea groups is 1. The Morgan fingerprint density at radius 3 is 2.50 bits per heavy atom. The van der Waals surface area contributed by atoms with Crippen molar-refractivity contribution in [3.05, 3.63) is 12.2 Å². The van der Waals surface area contributed by atoms with Gasteiger partial charge in [0.2, 0.25) is 0 Å². The fourth-order valence-corrected chi connectivity index (χ4v) is 2.26. The maximum absolute atomic E-state index is 11.6. The van der Waals surface area contributed by atoms with E-state index in [2.05, 4.69) is 10.6 Å². The van der Waals surface area contributed by atoms with Crippen molar-refractivity contribution < 1.29 is 19.4 Å². The van der Waals surface area contributed by atoms with E-state index in [0.717, 1.165) is 12.8 Å². The predicted octanol–water partition coefficient (Wildman–Crippen LogP) is 0.492. The second kappa shape index (κ2) is 5.39. The van der Waals surface area contributed by atoms with E-state index in [1.54, 1.807) is 19.3 Å². The molecule has 2 aliphatic rings. The van der Waals surface area contributed by atoms with Gasteiger partial charge in [-0.2, -0.15) is 0 Å². The standard InChI is InChI=1S/C12H18N2O4/c1-18-10-5-9(6-10)14-12(17)13-8-3-2-7(4-8)11(15)16/h2-3,7-10H,4-6H2,1H3,(H,15,16)(H2,13,14,17). The van der Waals surface area contributed by atoms with Gasteiger partial charge in [0.15, 0.2) is 0 Å². The zero-order chi connectivity index (χ0) is 13.1. The van der Waals surface area contributed by atoms with Crippen LogP contribution in [0.3, 0.4) is 0 Å². The average Bonchev–Trinajstić information content (AvgIpc) is 2.71. The minimum absolute atomic E-state index is 0.163. The van der Waals surface area contributed by atoms with Crippen LogP contribution < -0.4 is 10.6 Å². The van der Waals surface area contributed by atoms with Gasteiger partial charge in [-0.15, -0.1) is 0 Å². The molecular formula is C12H18N2O4. The first kappa shape index (κ1) is 12.9. The van der Waals surface area contributed by atoms with Gasteiger partial charge in [0.1, 0.15) is 0 Å². The summed E-state index contributed by atoms with van der Waals surface area (Å²) in [7, 11) is 1.66. The second-order valence-electron chi connectivity index (χ2n) is 4.82. The van der Waals surface area contributed by atoms with Crippen molar-refractivity contribution in [2.75, 3.05) is 7.11 Å². The minimum atomic E-state index is -0.849. The molecule has 0 saturated heterocycles. The maximum Gasteiger partial charge on any atom is 0.315 e. The van der Waals surface area contributed by atoms with Crippen LogP contribution in [0.15, 0.2) is 12.2 Å². The van der Waals surface area contributed by atoms with Crippen molar-refractivity contribution in [2.24, 2.45) is 5.92 Å². The lowest BCUT2D eigenvalue weighted by atomic mass is 9.89. The summed E-state index contributed by atoms with van der Waals surface area (Å²) in [5.74, 6) is -1.34. The van der Waals surface area contributed by atoms with Crippen molar-refractivity contribution in [1.29, 1.82) is 0 Å². The smallest absolute Gasteiger partial charge is 0.315 e. The van der Waals surface area contributed by atoms with Crippen LogP contribution in [0, 0.1) is 5.92 Å². The van der Waals surface area contributed by atoms with Crippen molar-refractivity contribution in [1.82, 2.24) is 10.6 Å². The van der Waals surface area contributed by atoms with E-state index in [-0.39, 0.29) is 24.2 Å². The highest BCUT2D eigenvalue weighted by molar-refractivity contribution is 5.76. The summed E-state index contributed by atoms with van der Waals surface area (Å²) in [6, 6.07) is -0.268. The molecule has 0 bridgehead atoms. The van der Waals surface area contributed by atoms with Crippen LogP contribution in [-0.4, -0.2) is 42.4 Å². The molecule has 0 aromatic rings. The predicted molar refractivity (Wildman–Crippen MR) is 64.2 cm³/mol. The van der Waals surface area contributed by atoms with Crippen LogP contribution in [0.25, 0.3) is 0 Å². The Labute approximate surface area is 105 Å². The molecule has 6 heteroatoms. The normalized spacial score (nSPS) is 33.8. The first-order chi connectivity index (χ1) is 8.58. The highest BCUT2D eigenvalue weighted by Gasteiger charge is 2.31. The highest BCUT2D eigenvalue weighted by atomic mass is 16.5. The van der Waals surface area contributed by atoms with Gasteiger partial charge >= 0.3 is 12.0 Å². The van der Waals surface area contributed by atoms with Gasteiger partial charge in [-0.1, -0.05) is 12.2 Å². The lowest BCUT2D eigenvalue weighted by Gasteiger charge is -2.34. The van der Waals surface area contributed by atoms with E-state index in [9.17, 15) is 9.59 Å². The van der Waals surface area contributed by atoms with E-state index < -0.39 is 11.9 Å². The third-order valence-corrected chi connectivity index (χ3v) is 3.48. The van der Waals surface area contributed by atoms with Crippen molar-refractivity contribution in [2.45, 2.75) is 37.5 Å². The molecule has 2 unspecified atom stereocenters. The summed E-state index contributed by atoms with van der Waals surface area (Å²) in [4.78, 5) is 22.4. The molecule has 6 nitrogen and oxygen atoms in total. The van der Waals surface area contributed by atoms with Crippen LogP contribution in [-0.2, 0) is 9.53 Å². The molecule has 2 aliphatic carbocycles.